The highest BCUT2D eigenvalue weighted by Crippen LogP contribution is 2.16. The maximum atomic E-state index is 12.9. The minimum Gasteiger partial charge on any atom is -0.465 e. The van der Waals surface area contributed by atoms with Crippen LogP contribution >= 0.6 is 0 Å². The molecule has 0 bridgehead atoms. The molecule has 7 nitrogen and oxygen atoms in total. The number of amides is 1. The highest BCUT2D eigenvalue weighted by Gasteiger charge is 2.20. The summed E-state index contributed by atoms with van der Waals surface area (Å²) in [5, 5.41) is 6.23. The van der Waals surface area contributed by atoms with Crippen LogP contribution in [0.4, 0.5) is 0 Å². The molecule has 0 saturated heterocycles. The van der Waals surface area contributed by atoms with Crippen LogP contribution in [0, 0.1) is 0 Å². The van der Waals surface area contributed by atoms with Gasteiger partial charge in [0.1, 0.15) is 6.04 Å². The molecule has 0 spiro atoms. The van der Waals surface area contributed by atoms with Gasteiger partial charge in [0.05, 0.1) is 12.7 Å². The Kier molecular flexibility index (Phi) is 7.02. The monoisotopic (exact) mass is 390 g/mol. The molecule has 148 valence electrons. The third kappa shape index (κ3) is 5.70. The van der Waals surface area contributed by atoms with Gasteiger partial charge in [0.2, 0.25) is 5.91 Å². The molecular formula is C22H22N4O3. The number of carbonyl (C=O) groups excluding carboxylic acids is 2. The van der Waals surface area contributed by atoms with Gasteiger partial charge in [-0.1, -0.05) is 12.1 Å². The molecule has 29 heavy (non-hydrogen) atoms. The van der Waals surface area contributed by atoms with Crippen LogP contribution in [0.15, 0.2) is 73.3 Å². The van der Waals surface area contributed by atoms with Gasteiger partial charge in [-0.05, 0) is 53.1 Å². The summed E-state index contributed by atoms with van der Waals surface area (Å²) in [6.45, 7) is 0.893. The van der Waals surface area contributed by atoms with Crippen LogP contribution in [0.2, 0.25) is 0 Å². The minimum absolute atomic E-state index is 0.165. The summed E-state index contributed by atoms with van der Waals surface area (Å²) in [7, 11) is 1.34. The lowest BCUT2D eigenvalue weighted by Gasteiger charge is -2.19. The molecule has 0 aliphatic rings. The van der Waals surface area contributed by atoms with Gasteiger partial charge in [-0.2, -0.15) is 0 Å². The lowest BCUT2D eigenvalue weighted by molar-refractivity contribution is -0.123. The predicted octanol–water partition coefficient (Wildman–Crippen LogP) is 2.41. The molecule has 3 rings (SSSR count). The third-order valence-corrected chi connectivity index (χ3v) is 4.40. The number of esters is 1. The van der Waals surface area contributed by atoms with Crippen molar-refractivity contribution in [2.45, 2.75) is 19.1 Å². The van der Waals surface area contributed by atoms with Gasteiger partial charge in [0, 0.05) is 37.9 Å². The van der Waals surface area contributed by atoms with Crippen molar-refractivity contribution in [3.8, 4) is 0 Å². The Morgan fingerprint density at radius 3 is 1.97 bits per heavy atom. The van der Waals surface area contributed by atoms with E-state index in [9.17, 15) is 9.59 Å². The van der Waals surface area contributed by atoms with E-state index in [0.29, 0.717) is 18.7 Å². The largest absolute Gasteiger partial charge is 0.465 e. The van der Waals surface area contributed by atoms with Crippen molar-refractivity contribution in [3.05, 3.63) is 95.6 Å². The Labute approximate surface area is 169 Å². The Balaban J connectivity index is 1.74. The van der Waals surface area contributed by atoms with E-state index < -0.39 is 12.0 Å². The van der Waals surface area contributed by atoms with Crippen molar-refractivity contribution in [3.63, 3.8) is 0 Å². The lowest BCUT2D eigenvalue weighted by atomic mass is 10.0. The van der Waals surface area contributed by atoms with Gasteiger partial charge >= 0.3 is 5.97 Å². The van der Waals surface area contributed by atoms with Crippen molar-refractivity contribution in [1.29, 1.82) is 0 Å². The summed E-state index contributed by atoms with van der Waals surface area (Å²) in [5.74, 6) is -0.582. The van der Waals surface area contributed by atoms with Crippen molar-refractivity contribution < 1.29 is 14.3 Å². The first-order chi connectivity index (χ1) is 14.2. The van der Waals surface area contributed by atoms with Gasteiger partial charge in [0.25, 0.3) is 0 Å². The Bertz CT molecular complexity index is 931. The smallest absolute Gasteiger partial charge is 0.337 e. The zero-order chi connectivity index (χ0) is 20.5. The molecule has 1 atom stereocenters. The van der Waals surface area contributed by atoms with Crippen LogP contribution in [-0.2, 0) is 22.6 Å². The molecule has 2 N–H and O–H groups in total. The number of hydrogen-bond acceptors (Lipinski definition) is 6. The molecule has 0 aliphatic carbocycles. The van der Waals surface area contributed by atoms with E-state index in [1.54, 1.807) is 49.1 Å². The van der Waals surface area contributed by atoms with E-state index in [1.807, 2.05) is 24.3 Å². The summed E-state index contributed by atoms with van der Waals surface area (Å²) >= 11 is 0. The standard InChI is InChI=1S/C22H22N4O3/c1-29-22(28)19-4-2-18(3-5-19)20(25-14-16-6-10-23-11-7-16)21(27)26-15-17-8-12-24-13-9-17/h2-13,20,25H,14-15H2,1H3,(H,26,27). The average molecular weight is 390 g/mol. The summed E-state index contributed by atoms with van der Waals surface area (Å²) in [4.78, 5) is 32.6. The first kappa shape index (κ1) is 20.2. The third-order valence-electron chi connectivity index (χ3n) is 4.40. The van der Waals surface area contributed by atoms with E-state index in [1.165, 1.54) is 7.11 Å². The number of benzene rings is 1. The average Bonchev–Trinajstić information content (AvgIpc) is 2.79. The number of methoxy groups -OCH3 is 1. The van der Waals surface area contributed by atoms with Gasteiger partial charge in [0.15, 0.2) is 0 Å². The van der Waals surface area contributed by atoms with Crippen LogP contribution < -0.4 is 10.6 Å². The maximum absolute atomic E-state index is 12.9. The molecule has 2 heterocycles. The fourth-order valence-electron chi connectivity index (χ4n) is 2.80. The quantitative estimate of drug-likeness (QED) is 0.574. The van der Waals surface area contributed by atoms with Crippen molar-refractivity contribution in [2.24, 2.45) is 0 Å². The number of ether oxygens (including phenoxy) is 1. The van der Waals surface area contributed by atoms with Crippen molar-refractivity contribution in [2.75, 3.05) is 7.11 Å². The van der Waals surface area contributed by atoms with Gasteiger partial charge in [-0.15, -0.1) is 0 Å². The van der Waals surface area contributed by atoms with Gasteiger partial charge < -0.3 is 10.1 Å². The zero-order valence-corrected chi connectivity index (χ0v) is 16.0. The SMILES string of the molecule is COC(=O)c1ccc(C(NCc2ccncc2)C(=O)NCc2ccncc2)cc1. The molecule has 1 amide bonds. The number of pyridine rings is 2. The van der Waals surface area contributed by atoms with Crippen LogP contribution in [0.1, 0.15) is 33.1 Å². The van der Waals surface area contributed by atoms with E-state index in [0.717, 1.165) is 16.7 Å². The zero-order valence-electron chi connectivity index (χ0n) is 16.0. The Morgan fingerprint density at radius 2 is 1.41 bits per heavy atom. The number of nitrogens with one attached hydrogen (secondary N) is 2. The Morgan fingerprint density at radius 1 is 0.862 bits per heavy atom. The number of aromatic nitrogens is 2. The highest BCUT2D eigenvalue weighted by atomic mass is 16.5. The van der Waals surface area contributed by atoms with Crippen LogP contribution in [0.25, 0.3) is 0 Å². The summed E-state index contributed by atoms with van der Waals surface area (Å²) in [6.07, 6.45) is 6.79. The second kappa shape index (κ2) is 10.1. The van der Waals surface area contributed by atoms with Crippen LogP contribution in [0.5, 0.6) is 0 Å². The van der Waals surface area contributed by atoms with E-state index in [-0.39, 0.29) is 5.91 Å². The number of hydrogen-bond donors (Lipinski definition) is 2. The van der Waals surface area contributed by atoms with Gasteiger partial charge in [-0.3, -0.25) is 20.1 Å². The molecule has 1 unspecified atom stereocenters. The molecular weight excluding hydrogens is 368 g/mol. The summed E-state index contributed by atoms with van der Waals surface area (Å²) in [6, 6.07) is 13.7. The predicted molar refractivity (Wildman–Crippen MR) is 108 cm³/mol. The molecule has 0 aliphatic heterocycles. The topological polar surface area (TPSA) is 93.2 Å². The maximum Gasteiger partial charge on any atom is 0.337 e. The normalized spacial score (nSPS) is 11.5. The van der Waals surface area contributed by atoms with Gasteiger partial charge in [-0.25, -0.2) is 4.79 Å². The second-order valence-corrected chi connectivity index (χ2v) is 6.36. The molecule has 0 fully saturated rings. The minimum atomic E-state index is -0.586. The highest BCUT2D eigenvalue weighted by molar-refractivity contribution is 5.89. The van der Waals surface area contributed by atoms with E-state index >= 15 is 0 Å². The number of carbonyl (C=O) groups is 2. The summed E-state index contributed by atoms with van der Waals surface area (Å²) in [5.41, 5.74) is 3.15. The van der Waals surface area contributed by atoms with E-state index in [4.69, 9.17) is 4.74 Å². The fourth-order valence-corrected chi connectivity index (χ4v) is 2.80. The Hall–Kier alpha value is -3.58. The molecule has 7 heteroatoms. The number of nitrogens with zero attached hydrogens (tertiary/aromatic N) is 2. The molecule has 0 saturated carbocycles. The van der Waals surface area contributed by atoms with Crippen LogP contribution in [-0.4, -0.2) is 29.0 Å². The summed E-state index contributed by atoms with van der Waals surface area (Å²) < 4.78 is 4.73. The molecule has 1 aromatic carbocycles. The number of rotatable bonds is 8. The van der Waals surface area contributed by atoms with Crippen molar-refractivity contribution >= 4 is 11.9 Å². The fraction of sp³-hybridized carbons (Fsp3) is 0.182. The second-order valence-electron chi connectivity index (χ2n) is 6.36. The molecule has 0 radical (unpaired) electrons. The van der Waals surface area contributed by atoms with E-state index in [2.05, 4.69) is 20.6 Å². The molecule has 2 aromatic heterocycles. The lowest BCUT2D eigenvalue weighted by Crippen LogP contribution is -2.37. The first-order valence-electron chi connectivity index (χ1n) is 9.14. The van der Waals surface area contributed by atoms with Crippen LogP contribution in [0.3, 0.4) is 0 Å². The molecule has 3 aromatic rings. The van der Waals surface area contributed by atoms with Crippen molar-refractivity contribution in [1.82, 2.24) is 20.6 Å². The first-order valence-corrected chi connectivity index (χ1v) is 9.14.